The summed E-state index contributed by atoms with van der Waals surface area (Å²) in [6.45, 7) is 2.13. The Hall–Kier alpha value is -1.71. The van der Waals surface area contributed by atoms with Gasteiger partial charge in [-0.2, -0.15) is 0 Å². The monoisotopic (exact) mass is 354 g/mol. The molecule has 3 heterocycles. The van der Waals surface area contributed by atoms with Crippen molar-refractivity contribution in [3.8, 4) is 0 Å². The second-order valence-corrected chi connectivity index (χ2v) is 8.15. The lowest BCUT2D eigenvalue weighted by Gasteiger charge is -2.19. The molecule has 0 spiro atoms. The molecule has 1 aromatic heterocycles. The van der Waals surface area contributed by atoms with E-state index >= 15 is 0 Å². The highest BCUT2D eigenvalue weighted by Crippen LogP contribution is 2.21. The summed E-state index contributed by atoms with van der Waals surface area (Å²) in [6, 6.07) is 2.73. The fourth-order valence-electron chi connectivity index (χ4n) is 3.20. The van der Waals surface area contributed by atoms with E-state index in [1.165, 1.54) is 4.90 Å². The Morgan fingerprint density at radius 1 is 1.33 bits per heavy atom. The number of aromatic nitrogens is 1. The summed E-state index contributed by atoms with van der Waals surface area (Å²) in [5, 5.41) is 10.0. The van der Waals surface area contributed by atoms with Crippen LogP contribution in [0, 0.1) is 0 Å². The zero-order valence-corrected chi connectivity index (χ0v) is 14.4. The van der Waals surface area contributed by atoms with Gasteiger partial charge in [0.05, 0.1) is 18.4 Å². The smallest absolute Gasteiger partial charge is 0.254 e. The summed E-state index contributed by atoms with van der Waals surface area (Å²) in [5.41, 5.74) is 0.499. The fraction of sp³-hybridized carbons (Fsp3) is 0.600. The number of aliphatic hydroxyl groups excluding tert-OH is 1. The van der Waals surface area contributed by atoms with Crippen LogP contribution >= 0.6 is 0 Å². The van der Waals surface area contributed by atoms with Crippen LogP contribution in [-0.2, 0) is 10.0 Å². The first-order valence-electron chi connectivity index (χ1n) is 7.99. The van der Waals surface area contributed by atoms with Gasteiger partial charge in [-0.15, -0.1) is 0 Å². The summed E-state index contributed by atoms with van der Waals surface area (Å²) in [4.78, 5) is 20.6. The maximum atomic E-state index is 12.7. The zero-order valence-electron chi connectivity index (χ0n) is 13.6. The molecule has 24 heavy (non-hydrogen) atoms. The van der Waals surface area contributed by atoms with E-state index in [0.717, 1.165) is 38.0 Å². The standard InChI is InChI=1S/C15H22N4O4S/c1-24(22,23)17-12-9-19(10-13(12)20)15(21)11-4-5-16-14(8-11)18-6-2-3-7-18/h4-5,8,12-13,17,20H,2-3,6-7,9-10H2,1H3/t12-,13-/m1/s1. The van der Waals surface area contributed by atoms with Crippen LogP contribution in [-0.4, -0.2) is 73.9 Å². The molecule has 1 aromatic rings. The van der Waals surface area contributed by atoms with Crippen LogP contribution in [0.3, 0.4) is 0 Å². The Labute approximate surface area is 141 Å². The molecule has 2 aliphatic rings. The van der Waals surface area contributed by atoms with Crippen molar-refractivity contribution < 1.29 is 18.3 Å². The van der Waals surface area contributed by atoms with E-state index in [4.69, 9.17) is 0 Å². The molecule has 3 rings (SSSR count). The molecule has 2 aliphatic heterocycles. The molecule has 8 nitrogen and oxygen atoms in total. The maximum absolute atomic E-state index is 12.7. The Morgan fingerprint density at radius 2 is 2.04 bits per heavy atom. The van der Waals surface area contributed by atoms with Gasteiger partial charge in [-0.25, -0.2) is 18.1 Å². The van der Waals surface area contributed by atoms with Gasteiger partial charge >= 0.3 is 0 Å². The molecule has 2 fully saturated rings. The van der Waals surface area contributed by atoms with Crippen molar-refractivity contribution in [3.05, 3.63) is 23.9 Å². The van der Waals surface area contributed by atoms with Gasteiger partial charge in [0, 0.05) is 37.9 Å². The highest BCUT2D eigenvalue weighted by Gasteiger charge is 2.36. The first-order valence-corrected chi connectivity index (χ1v) is 9.88. The summed E-state index contributed by atoms with van der Waals surface area (Å²) < 4.78 is 25.0. The topological polar surface area (TPSA) is 103 Å². The van der Waals surface area contributed by atoms with Crippen molar-refractivity contribution in [3.63, 3.8) is 0 Å². The third-order valence-corrected chi connectivity index (χ3v) is 5.10. The summed E-state index contributed by atoms with van der Waals surface area (Å²) in [7, 11) is -3.44. The first-order chi connectivity index (χ1) is 11.3. The minimum absolute atomic E-state index is 0.105. The van der Waals surface area contributed by atoms with Crippen LogP contribution in [0.25, 0.3) is 0 Å². The average molecular weight is 354 g/mol. The number of carbonyl (C=O) groups excluding carboxylic acids is 1. The Kier molecular flexibility index (Phi) is 4.75. The van der Waals surface area contributed by atoms with Crippen LogP contribution < -0.4 is 9.62 Å². The maximum Gasteiger partial charge on any atom is 0.254 e. The van der Waals surface area contributed by atoms with E-state index in [9.17, 15) is 18.3 Å². The van der Waals surface area contributed by atoms with E-state index in [1.807, 2.05) is 0 Å². The molecule has 0 radical (unpaired) electrons. The molecule has 0 aliphatic carbocycles. The van der Waals surface area contributed by atoms with Crippen molar-refractivity contribution >= 4 is 21.7 Å². The molecule has 2 saturated heterocycles. The van der Waals surface area contributed by atoms with Gasteiger partial charge in [0.15, 0.2) is 0 Å². The average Bonchev–Trinajstić information content (AvgIpc) is 3.16. The highest BCUT2D eigenvalue weighted by molar-refractivity contribution is 7.88. The fourth-order valence-corrected chi connectivity index (χ4v) is 3.98. The predicted octanol–water partition coefficient (Wildman–Crippen LogP) is -0.584. The third kappa shape index (κ3) is 3.85. The summed E-state index contributed by atoms with van der Waals surface area (Å²) in [6.07, 6.45) is 3.98. The molecule has 1 amide bonds. The van der Waals surface area contributed by atoms with Gasteiger partial charge in [0.1, 0.15) is 5.82 Å². The number of amides is 1. The van der Waals surface area contributed by atoms with Crippen molar-refractivity contribution in [1.82, 2.24) is 14.6 Å². The van der Waals surface area contributed by atoms with Gasteiger partial charge in [-0.05, 0) is 25.0 Å². The normalized spacial score (nSPS) is 24.6. The van der Waals surface area contributed by atoms with Crippen LogP contribution in [0.15, 0.2) is 18.3 Å². The predicted molar refractivity (Wildman–Crippen MR) is 89.4 cm³/mol. The zero-order chi connectivity index (χ0) is 17.3. The van der Waals surface area contributed by atoms with Gasteiger partial charge in [-0.1, -0.05) is 0 Å². The SMILES string of the molecule is CS(=O)(=O)N[C@@H]1CN(C(=O)c2ccnc(N3CCCC3)c2)C[C@H]1O. The summed E-state index contributed by atoms with van der Waals surface area (Å²) >= 11 is 0. The second kappa shape index (κ2) is 6.66. The largest absolute Gasteiger partial charge is 0.390 e. The van der Waals surface area contributed by atoms with Crippen LogP contribution in [0.1, 0.15) is 23.2 Å². The van der Waals surface area contributed by atoms with Gasteiger partial charge in [0.2, 0.25) is 10.0 Å². The van der Waals surface area contributed by atoms with Crippen LogP contribution in [0.4, 0.5) is 5.82 Å². The van der Waals surface area contributed by atoms with Crippen LogP contribution in [0.5, 0.6) is 0 Å². The third-order valence-electron chi connectivity index (χ3n) is 4.36. The number of rotatable bonds is 4. The highest BCUT2D eigenvalue weighted by atomic mass is 32.2. The van der Waals surface area contributed by atoms with E-state index in [1.54, 1.807) is 18.3 Å². The van der Waals surface area contributed by atoms with E-state index in [2.05, 4.69) is 14.6 Å². The number of β-amino-alcohol motifs (C(OH)–C–C–N with tert-alkyl or cyclic N) is 1. The van der Waals surface area contributed by atoms with E-state index in [0.29, 0.717) is 5.56 Å². The number of hydrogen-bond acceptors (Lipinski definition) is 6. The molecular weight excluding hydrogens is 332 g/mol. The Bertz CT molecular complexity index is 718. The quantitative estimate of drug-likeness (QED) is 0.750. The number of carbonyl (C=O) groups is 1. The van der Waals surface area contributed by atoms with E-state index in [-0.39, 0.29) is 19.0 Å². The number of hydrogen-bond donors (Lipinski definition) is 2. The lowest BCUT2D eigenvalue weighted by molar-refractivity contribution is 0.0765. The lowest BCUT2D eigenvalue weighted by Crippen LogP contribution is -2.42. The second-order valence-electron chi connectivity index (χ2n) is 6.37. The molecule has 2 atom stereocenters. The van der Waals surface area contributed by atoms with Gasteiger partial charge in [0.25, 0.3) is 5.91 Å². The molecule has 0 bridgehead atoms. The molecule has 132 valence electrons. The molecule has 9 heteroatoms. The molecule has 2 N–H and O–H groups in total. The van der Waals surface area contributed by atoms with Gasteiger partial charge < -0.3 is 14.9 Å². The molecular formula is C15H22N4O4S. The number of nitrogens with one attached hydrogen (secondary N) is 1. The van der Waals surface area contributed by atoms with Gasteiger partial charge in [-0.3, -0.25) is 4.79 Å². The summed E-state index contributed by atoms with van der Waals surface area (Å²) in [5.74, 6) is 0.554. The lowest BCUT2D eigenvalue weighted by atomic mass is 10.2. The van der Waals surface area contributed by atoms with Crippen molar-refractivity contribution in [2.45, 2.75) is 25.0 Å². The molecule has 0 saturated carbocycles. The number of pyridine rings is 1. The number of sulfonamides is 1. The number of likely N-dealkylation sites (tertiary alicyclic amines) is 1. The first kappa shape index (κ1) is 17.1. The molecule has 0 aromatic carbocycles. The minimum Gasteiger partial charge on any atom is -0.390 e. The minimum atomic E-state index is -3.44. The van der Waals surface area contributed by atoms with Crippen molar-refractivity contribution in [2.24, 2.45) is 0 Å². The Balaban J connectivity index is 1.71. The van der Waals surface area contributed by atoms with E-state index < -0.39 is 22.2 Å². The number of nitrogens with zero attached hydrogens (tertiary/aromatic N) is 3. The Morgan fingerprint density at radius 3 is 2.71 bits per heavy atom. The van der Waals surface area contributed by atoms with Crippen molar-refractivity contribution in [1.29, 1.82) is 0 Å². The van der Waals surface area contributed by atoms with Crippen LogP contribution in [0.2, 0.25) is 0 Å². The van der Waals surface area contributed by atoms with Crippen molar-refractivity contribution in [2.75, 3.05) is 37.3 Å². The number of aliphatic hydroxyl groups is 1. The number of anilines is 1. The molecule has 0 unspecified atom stereocenters.